The van der Waals surface area contributed by atoms with Crippen LogP contribution in [0.25, 0.3) is 0 Å². The van der Waals surface area contributed by atoms with Crippen molar-refractivity contribution in [3.05, 3.63) is 0 Å². The summed E-state index contributed by atoms with van der Waals surface area (Å²) in [5, 5.41) is 0. The minimum absolute atomic E-state index is 0.0941. The number of rotatable bonds is 1. The predicted molar refractivity (Wildman–Crippen MR) is 32.1 cm³/mol. The lowest BCUT2D eigenvalue weighted by atomic mass is 10.1. The topological polar surface area (TPSA) is 26.0 Å². The average molecular weight is 105 g/mol. The van der Waals surface area contributed by atoms with Crippen LogP contribution < -0.4 is 5.73 Å². The Hall–Kier alpha value is 0.310. The van der Waals surface area contributed by atoms with Crippen LogP contribution in [0.5, 0.6) is 0 Å². The van der Waals surface area contributed by atoms with E-state index in [9.17, 15) is 0 Å². The second-order valence-corrected chi connectivity index (χ2v) is 2.46. The Kier molecular flexibility index (Phi) is 1.94. The third kappa shape index (κ3) is 4.31. The molecule has 0 aliphatic rings. The molecule has 0 unspecified atom stereocenters. The maximum absolute atomic E-state index is 5.46. The zero-order chi connectivity index (χ0) is 5.21. The summed E-state index contributed by atoms with van der Waals surface area (Å²) in [5.74, 6) is 0.743. The fourth-order valence-corrected chi connectivity index (χ4v) is 0. The molecule has 0 aromatic heterocycles. The molecule has 0 atom stereocenters. The van der Waals surface area contributed by atoms with Gasteiger partial charge in [0, 0.05) is 11.3 Å². The normalized spacial score (nSPS) is 12.0. The molecule has 0 aliphatic heterocycles. The van der Waals surface area contributed by atoms with E-state index in [4.69, 9.17) is 5.73 Å². The largest absolute Gasteiger partial charge is 0.325 e. The molecule has 2 heteroatoms. The molecule has 38 valence electrons. The van der Waals surface area contributed by atoms with Crippen LogP contribution in [-0.4, -0.2) is 11.3 Å². The van der Waals surface area contributed by atoms with Crippen molar-refractivity contribution in [2.45, 2.75) is 19.4 Å². The first-order chi connectivity index (χ1) is 2.56. The molecule has 0 fully saturated rings. The van der Waals surface area contributed by atoms with Crippen molar-refractivity contribution in [2.75, 3.05) is 5.75 Å². The number of hydrogen-bond donors (Lipinski definition) is 2. The number of thiol groups is 1. The van der Waals surface area contributed by atoms with Crippen molar-refractivity contribution < 1.29 is 0 Å². The summed E-state index contributed by atoms with van der Waals surface area (Å²) in [4.78, 5) is 0. The Morgan fingerprint density at radius 2 is 1.83 bits per heavy atom. The zero-order valence-corrected chi connectivity index (χ0v) is 5.13. The first-order valence-corrected chi connectivity index (χ1v) is 2.59. The predicted octanol–water partition coefficient (Wildman–Crippen LogP) is 0.653. The standard InChI is InChI=1S/C4H11NS/c1-4(2,5)3-6/h6H,3,5H2,1-2H3. The Morgan fingerprint density at radius 1 is 1.67 bits per heavy atom. The highest BCUT2D eigenvalue weighted by Crippen LogP contribution is 1.96. The molecule has 0 aromatic carbocycles. The summed E-state index contributed by atoms with van der Waals surface area (Å²) in [6.07, 6.45) is 0. The summed E-state index contributed by atoms with van der Waals surface area (Å²) >= 11 is 3.98. The van der Waals surface area contributed by atoms with E-state index >= 15 is 0 Å². The van der Waals surface area contributed by atoms with Gasteiger partial charge in [-0.2, -0.15) is 12.6 Å². The van der Waals surface area contributed by atoms with Gasteiger partial charge in [-0.25, -0.2) is 0 Å². The number of hydrogen-bond acceptors (Lipinski definition) is 2. The monoisotopic (exact) mass is 105 g/mol. The fraction of sp³-hybridized carbons (Fsp3) is 1.00. The molecule has 0 rings (SSSR count). The molecule has 0 aliphatic carbocycles. The second-order valence-electron chi connectivity index (χ2n) is 2.15. The van der Waals surface area contributed by atoms with Crippen LogP contribution >= 0.6 is 12.6 Å². The molecule has 0 heterocycles. The van der Waals surface area contributed by atoms with Crippen LogP contribution in [-0.2, 0) is 0 Å². The minimum Gasteiger partial charge on any atom is -0.325 e. The van der Waals surface area contributed by atoms with Gasteiger partial charge in [-0.3, -0.25) is 0 Å². The van der Waals surface area contributed by atoms with Gasteiger partial charge < -0.3 is 5.73 Å². The zero-order valence-electron chi connectivity index (χ0n) is 4.23. The Morgan fingerprint density at radius 3 is 1.83 bits per heavy atom. The first-order valence-electron chi connectivity index (χ1n) is 1.96. The third-order valence-electron chi connectivity index (χ3n) is 0.408. The van der Waals surface area contributed by atoms with E-state index < -0.39 is 0 Å². The van der Waals surface area contributed by atoms with Crippen LogP contribution in [0.2, 0.25) is 0 Å². The molecular formula is C4H11NS. The maximum atomic E-state index is 5.46. The van der Waals surface area contributed by atoms with E-state index in [1.807, 2.05) is 13.8 Å². The van der Waals surface area contributed by atoms with Gasteiger partial charge in [0.2, 0.25) is 0 Å². The molecule has 0 saturated carbocycles. The molecule has 1 nitrogen and oxygen atoms in total. The van der Waals surface area contributed by atoms with Gasteiger partial charge in [-0.05, 0) is 13.8 Å². The average Bonchev–Trinajstić information content (AvgIpc) is 1.35. The van der Waals surface area contributed by atoms with Crippen molar-refractivity contribution in [1.29, 1.82) is 0 Å². The molecule has 0 spiro atoms. The molecule has 0 aromatic rings. The number of nitrogens with two attached hydrogens (primary N) is 1. The fourth-order valence-electron chi connectivity index (χ4n) is 0. The smallest absolute Gasteiger partial charge is 0.0186 e. The van der Waals surface area contributed by atoms with Crippen LogP contribution in [0, 0.1) is 0 Å². The molecule has 0 amide bonds. The molecule has 0 radical (unpaired) electrons. The van der Waals surface area contributed by atoms with Crippen molar-refractivity contribution in [3.63, 3.8) is 0 Å². The Balaban J connectivity index is 3.17. The van der Waals surface area contributed by atoms with Gasteiger partial charge in [0.15, 0.2) is 0 Å². The van der Waals surface area contributed by atoms with Gasteiger partial charge in [0.05, 0.1) is 0 Å². The molecular weight excluding hydrogens is 94.1 g/mol. The minimum atomic E-state index is -0.0941. The van der Waals surface area contributed by atoms with Crippen LogP contribution in [0.3, 0.4) is 0 Å². The summed E-state index contributed by atoms with van der Waals surface area (Å²) in [5.41, 5.74) is 5.36. The molecule has 2 N–H and O–H groups in total. The van der Waals surface area contributed by atoms with Crippen molar-refractivity contribution in [1.82, 2.24) is 0 Å². The summed E-state index contributed by atoms with van der Waals surface area (Å²) < 4.78 is 0. The summed E-state index contributed by atoms with van der Waals surface area (Å²) in [7, 11) is 0. The molecule has 0 saturated heterocycles. The van der Waals surface area contributed by atoms with Gasteiger partial charge in [-0.15, -0.1) is 0 Å². The van der Waals surface area contributed by atoms with E-state index in [0.717, 1.165) is 5.75 Å². The van der Waals surface area contributed by atoms with E-state index in [-0.39, 0.29) is 5.54 Å². The quantitative estimate of drug-likeness (QED) is 0.471. The van der Waals surface area contributed by atoms with Gasteiger partial charge in [-0.1, -0.05) is 0 Å². The van der Waals surface area contributed by atoms with Crippen molar-refractivity contribution >= 4 is 12.6 Å². The molecule has 0 bridgehead atoms. The third-order valence-corrected chi connectivity index (χ3v) is 1.22. The van der Waals surface area contributed by atoms with Crippen LogP contribution in [0.15, 0.2) is 0 Å². The lowest BCUT2D eigenvalue weighted by molar-refractivity contribution is 0.593. The lowest BCUT2D eigenvalue weighted by Gasteiger charge is -2.12. The summed E-state index contributed by atoms with van der Waals surface area (Å²) in [6, 6.07) is 0. The first kappa shape index (κ1) is 6.31. The second kappa shape index (κ2) is 1.85. The Bertz CT molecular complexity index is 37.3. The molecule has 6 heavy (non-hydrogen) atoms. The van der Waals surface area contributed by atoms with E-state index in [1.54, 1.807) is 0 Å². The highest BCUT2D eigenvalue weighted by Gasteiger charge is 2.04. The van der Waals surface area contributed by atoms with E-state index in [0.29, 0.717) is 0 Å². The van der Waals surface area contributed by atoms with Gasteiger partial charge in [0.1, 0.15) is 0 Å². The lowest BCUT2D eigenvalue weighted by Crippen LogP contribution is -2.33. The maximum Gasteiger partial charge on any atom is 0.0186 e. The van der Waals surface area contributed by atoms with E-state index in [1.165, 1.54) is 0 Å². The van der Waals surface area contributed by atoms with Crippen molar-refractivity contribution in [2.24, 2.45) is 5.73 Å². The highest BCUT2D eigenvalue weighted by atomic mass is 32.1. The Labute approximate surface area is 44.3 Å². The SMILES string of the molecule is CC(C)(N)CS. The van der Waals surface area contributed by atoms with Crippen LogP contribution in [0.4, 0.5) is 0 Å². The van der Waals surface area contributed by atoms with Gasteiger partial charge >= 0.3 is 0 Å². The highest BCUT2D eigenvalue weighted by molar-refractivity contribution is 7.80. The summed E-state index contributed by atoms with van der Waals surface area (Å²) in [6.45, 7) is 3.89. The van der Waals surface area contributed by atoms with Crippen LogP contribution in [0.1, 0.15) is 13.8 Å². The van der Waals surface area contributed by atoms with E-state index in [2.05, 4.69) is 12.6 Å². The van der Waals surface area contributed by atoms with Gasteiger partial charge in [0.25, 0.3) is 0 Å². The van der Waals surface area contributed by atoms with Crippen molar-refractivity contribution in [3.8, 4) is 0 Å².